The third-order valence-corrected chi connectivity index (χ3v) is 4.77. The lowest BCUT2D eigenvalue weighted by Crippen LogP contribution is -2.44. The van der Waals surface area contributed by atoms with Crippen molar-refractivity contribution in [2.45, 2.75) is 31.7 Å². The van der Waals surface area contributed by atoms with Gasteiger partial charge in [0.15, 0.2) is 0 Å². The van der Waals surface area contributed by atoms with Crippen LogP contribution < -0.4 is 5.32 Å². The maximum absolute atomic E-state index is 13.4. The fourth-order valence-corrected chi connectivity index (χ4v) is 3.12. The molecule has 2 rings (SSSR count). The molecule has 0 saturated carbocycles. The number of halogens is 2. The molecule has 1 N–H and O–H groups in total. The summed E-state index contributed by atoms with van der Waals surface area (Å²) in [5.41, 5.74) is 2.40. The van der Waals surface area contributed by atoms with Crippen molar-refractivity contribution in [3.63, 3.8) is 0 Å². The van der Waals surface area contributed by atoms with Crippen molar-refractivity contribution < 1.29 is 4.39 Å². The molecule has 1 unspecified atom stereocenters. The van der Waals surface area contributed by atoms with Gasteiger partial charge in [-0.3, -0.25) is 0 Å². The van der Waals surface area contributed by atoms with Gasteiger partial charge in [-0.05, 0) is 52.7 Å². The summed E-state index contributed by atoms with van der Waals surface area (Å²) >= 11 is 3.26. The van der Waals surface area contributed by atoms with Gasteiger partial charge in [0.25, 0.3) is 0 Å². The summed E-state index contributed by atoms with van der Waals surface area (Å²) in [5, 5.41) is 3.41. The van der Waals surface area contributed by atoms with Crippen LogP contribution in [0.3, 0.4) is 0 Å². The summed E-state index contributed by atoms with van der Waals surface area (Å²) < 4.78 is 13.9. The summed E-state index contributed by atoms with van der Waals surface area (Å²) in [6.45, 7) is 4.48. The Kier molecular flexibility index (Phi) is 5.17. The minimum Gasteiger partial charge on any atom is -0.316 e. The first-order valence-corrected chi connectivity index (χ1v) is 7.91. The molecule has 0 amide bonds. The third kappa shape index (κ3) is 3.72. The van der Waals surface area contributed by atoms with Crippen LogP contribution >= 0.6 is 15.9 Å². The molecular formula is C18H21BrFN. The van der Waals surface area contributed by atoms with Crippen LogP contribution in [0.25, 0.3) is 0 Å². The molecule has 112 valence electrons. The minimum absolute atomic E-state index is 0.0170. The van der Waals surface area contributed by atoms with Crippen LogP contribution in [0.4, 0.5) is 4.39 Å². The molecule has 0 heterocycles. The van der Waals surface area contributed by atoms with Crippen molar-refractivity contribution in [2.24, 2.45) is 0 Å². The van der Waals surface area contributed by atoms with E-state index in [-0.39, 0.29) is 17.3 Å². The molecule has 1 atom stereocenters. The Hall–Kier alpha value is -1.19. The number of hydrogen-bond donors (Lipinski definition) is 1. The monoisotopic (exact) mass is 349 g/mol. The van der Waals surface area contributed by atoms with Crippen LogP contribution in [0.1, 0.15) is 25.0 Å². The summed E-state index contributed by atoms with van der Waals surface area (Å²) in [6, 6.07) is 16.0. The van der Waals surface area contributed by atoms with Gasteiger partial charge in [-0.25, -0.2) is 4.39 Å². The quantitative estimate of drug-likeness (QED) is 0.825. The van der Waals surface area contributed by atoms with E-state index in [9.17, 15) is 4.39 Å². The molecule has 2 aromatic carbocycles. The van der Waals surface area contributed by atoms with E-state index in [2.05, 4.69) is 59.4 Å². The van der Waals surface area contributed by atoms with Crippen molar-refractivity contribution >= 4 is 15.9 Å². The normalized spacial score (nSPS) is 13.2. The molecule has 2 aromatic rings. The number of benzene rings is 2. The molecule has 0 saturated heterocycles. The zero-order valence-corrected chi connectivity index (χ0v) is 14.2. The highest BCUT2D eigenvalue weighted by molar-refractivity contribution is 9.10. The van der Waals surface area contributed by atoms with Gasteiger partial charge in [-0.1, -0.05) is 50.2 Å². The molecule has 0 fully saturated rings. The van der Waals surface area contributed by atoms with Crippen LogP contribution in [0.15, 0.2) is 53.0 Å². The molecule has 0 radical (unpaired) electrons. The molecule has 21 heavy (non-hydrogen) atoms. The molecule has 0 spiro atoms. The average molecular weight is 350 g/mol. The van der Waals surface area contributed by atoms with Crippen molar-refractivity contribution in [1.82, 2.24) is 5.32 Å². The molecule has 0 aliphatic heterocycles. The van der Waals surface area contributed by atoms with Gasteiger partial charge in [0.2, 0.25) is 0 Å². The third-order valence-electron chi connectivity index (χ3n) is 4.16. The fourth-order valence-electron chi connectivity index (χ4n) is 2.69. The van der Waals surface area contributed by atoms with Gasteiger partial charge in [-0.2, -0.15) is 0 Å². The number of rotatable bonds is 5. The minimum atomic E-state index is -0.220. The second kappa shape index (κ2) is 6.71. The predicted molar refractivity (Wildman–Crippen MR) is 90.1 cm³/mol. The van der Waals surface area contributed by atoms with Crippen LogP contribution in [0.2, 0.25) is 0 Å². The first kappa shape index (κ1) is 16.2. The van der Waals surface area contributed by atoms with Gasteiger partial charge >= 0.3 is 0 Å². The first-order valence-electron chi connectivity index (χ1n) is 7.12. The Morgan fingerprint density at radius 1 is 1.14 bits per heavy atom. The molecule has 0 aliphatic carbocycles. The van der Waals surface area contributed by atoms with E-state index in [1.807, 2.05) is 25.2 Å². The lowest BCUT2D eigenvalue weighted by Gasteiger charge is -2.35. The Balaban J connectivity index is 2.25. The average Bonchev–Trinajstić information content (AvgIpc) is 2.49. The Morgan fingerprint density at radius 2 is 1.81 bits per heavy atom. The van der Waals surface area contributed by atoms with Gasteiger partial charge in [0.05, 0.1) is 4.47 Å². The number of nitrogens with one attached hydrogen (secondary N) is 1. The highest BCUT2D eigenvalue weighted by Crippen LogP contribution is 2.29. The van der Waals surface area contributed by atoms with Gasteiger partial charge in [0, 0.05) is 11.5 Å². The SMILES string of the molecule is CNC(Cc1ccc(F)c(Br)c1)C(C)(C)c1ccccc1. The highest BCUT2D eigenvalue weighted by atomic mass is 79.9. The van der Waals surface area contributed by atoms with E-state index >= 15 is 0 Å². The van der Waals surface area contributed by atoms with E-state index in [1.165, 1.54) is 11.6 Å². The molecule has 0 aromatic heterocycles. The Morgan fingerprint density at radius 3 is 2.38 bits per heavy atom. The lowest BCUT2D eigenvalue weighted by atomic mass is 9.75. The summed E-state index contributed by atoms with van der Waals surface area (Å²) in [7, 11) is 1.98. The standard InChI is InChI=1S/C18H21BrFN/c1-18(2,14-7-5-4-6-8-14)17(21-3)12-13-9-10-16(20)15(19)11-13/h4-11,17,21H,12H2,1-3H3. The smallest absolute Gasteiger partial charge is 0.137 e. The van der Waals surface area contributed by atoms with Crippen molar-refractivity contribution in [1.29, 1.82) is 0 Å². The highest BCUT2D eigenvalue weighted by Gasteiger charge is 2.30. The second-order valence-corrected chi connectivity index (χ2v) is 6.74. The van der Waals surface area contributed by atoms with E-state index < -0.39 is 0 Å². The van der Waals surface area contributed by atoms with Crippen LogP contribution in [0.5, 0.6) is 0 Å². The van der Waals surface area contributed by atoms with Gasteiger partial charge in [-0.15, -0.1) is 0 Å². The van der Waals surface area contributed by atoms with Crippen molar-refractivity contribution in [3.05, 3.63) is 69.9 Å². The van der Waals surface area contributed by atoms with Crippen LogP contribution in [0, 0.1) is 5.82 Å². The van der Waals surface area contributed by atoms with Crippen LogP contribution in [-0.2, 0) is 11.8 Å². The Labute approximate surface area is 134 Å². The van der Waals surface area contributed by atoms with E-state index in [0.29, 0.717) is 4.47 Å². The van der Waals surface area contributed by atoms with E-state index in [0.717, 1.165) is 12.0 Å². The maximum Gasteiger partial charge on any atom is 0.137 e. The largest absolute Gasteiger partial charge is 0.316 e. The van der Waals surface area contributed by atoms with Gasteiger partial charge < -0.3 is 5.32 Å². The van der Waals surface area contributed by atoms with Crippen LogP contribution in [-0.4, -0.2) is 13.1 Å². The summed E-state index contributed by atoms with van der Waals surface area (Å²) in [6.07, 6.45) is 0.845. The summed E-state index contributed by atoms with van der Waals surface area (Å²) in [4.78, 5) is 0. The molecule has 1 nitrogen and oxygen atoms in total. The zero-order valence-electron chi connectivity index (χ0n) is 12.7. The topological polar surface area (TPSA) is 12.0 Å². The molecule has 0 aliphatic rings. The van der Waals surface area contributed by atoms with E-state index in [4.69, 9.17) is 0 Å². The molecule has 3 heteroatoms. The summed E-state index contributed by atoms with van der Waals surface area (Å²) in [5.74, 6) is -0.220. The fraction of sp³-hybridized carbons (Fsp3) is 0.333. The number of likely N-dealkylation sites (N-methyl/N-ethyl adjacent to an activating group) is 1. The molecular weight excluding hydrogens is 329 g/mol. The predicted octanol–water partition coefficient (Wildman–Crippen LogP) is 4.70. The zero-order chi connectivity index (χ0) is 15.5. The van der Waals surface area contributed by atoms with Crippen molar-refractivity contribution in [3.8, 4) is 0 Å². The second-order valence-electron chi connectivity index (χ2n) is 5.88. The van der Waals surface area contributed by atoms with Crippen molar-refractivity contribution in [2.75, 3.05) is 7.05 Å². The van der Waals surface area contributed by atoms with E-state index in [1.54, 1.807) is 0 Å². The van der Waals surface area contributed by atoms with Gasteiger partial charge in [0.1, 0.15) is 5.82 Å². The Bertz CT molecular complexity index is 595. The maximum atomic E-state index is 13.4. The lowest BCUT2D eigenvalue weighted by molar-refractivity contribution is 0.356. The molecule has 0 bridgehead atoms. The number of hydrogen-bond acceptors (Lipinski definition) is 1. The first-order chi connectivity index (χ1) is 9.95.